The van der Waals surface area contributed by atoms with Crippen LogP contribution in [0.15, 0.2) is 48.7 Å². The number of aliphatic carboxylic acids is 1. The molecule has 1 N–H and O–H groups in total. The highest BCUT2D eigenvalue weighted by Gasteiger charge is 2.12. The zero-order chi connectivity index (χ0) is 17.1. The number of carboxylic acids is 1. The van der Waals surface area contributed by atoms with Crippen molar-refractivity contribution in [3.05, 3.63) is 59.9 Å². The molecule has 1 aromatic carbocycles. The number of imidazole rings is 1. The average Bonchev–Trinajstić information content (AvgIpc) is 2.91. The van der Waals surface area contributed by atoms with Gasteiger partial charge >= 0.3 is 5.97 Å². The Morgan fingerprint density at radius 2 is 2.04 bits per heavy atom. The van der Waals surface area contributed by atoms with E-state index in [0.29, 0.717) is 6.61 Å². The summed E-state index contributed by atoms with van der Waals surface area (Å²) in [5.41, 5.74) is 4.26. The molecule has 0 aliphatic rings. The minimum Gasteiger partial charge on any atom is -0.494 e. The normalized spacial score (nSPS) is 11.2. The minimum atomic E-state index is -0.991. The first-order chi connectivity index (χ1) is 11.6. The van der Waals surface area contributed by atoms with E-state index in [-0.39, 0.29) is 0 Å². The molecular weight excluding hydrogens is 304 g/mol. The summed E-state index contributed by atoms with van der Waals surface area (Å²) in [7, 11) is 0. The standard InChI is InChI=1S/C19H18N2O3/c1-3-24-15-6-4-14(5-7-15)19-16(8-9-18(22)23)21-11-10-13(2)12-17(21)20-19/h4-12H,3H2,1-2H3,(H,22,23)/b9-8+. The van der Waals surface area contributed by atoms with Gasteiger partial charge in [0, 0.05) is 17.8 Å². The van der Waals surface area contributed by atoms with E-state index in [1.54, 1.807) is 6.08 Å². The van der Waals surface area contributed by atoms with E-state index in [9.17, 15) is 4.79 Å². The molecule has 0 aliphatic heterocycles. The molecule has 0 atom stereocenters. The Morgan fingerprint density at radius 3 is 2.71 bits per heavy atom. The molecule has 0 aliphatic carbocycles. The van der Waals surface area contributed by atoms with E-state index in [4.69, 9.17) is 9.84 Å². The first-order valence-corrected chi connectivity index (χ1v) is 7.71. The third-order valence-electron chi connectivity index (χ3n) is 3.64. The van der Waals surface area contributed by atoms with Crippen molar-refractivity contribution in [3.8, 4) is 17.0 Å². The lowest BCUT2D eigenvalue weighted by molar-refractivity contribution is -0.131. The van der Waals surface area contributed by atoms with Crippen molar-refractivity contribution in [2.24, 2.45) is 0 Å². The van der Waals surface area contributed by atoms with E-state index in [0.717, 1.165) is 40.0 Å². The molecule has 0 bridgehead atoms. The van der Waals surface area contributed by atoms with Gasteiger partial charge in [0.05, 0.1) is 18.0 Å². The molecule has 0 saturated carbocycles. The Balaban J connectivity index is 2.14. The van der Waals surface area contributed by atoms with Gasteiger partial charge in [-0.3, -0.25) is 4.40 Å². The molecule has 2 aromatic heterocycles. The summed E-state index contributed by atoms with van der Waals surface area (Å²) in [5, 5.41) is 8.95. The zero-order valence-corrected chi connectivity index (χ0v) is 13.6. The second-order valence-electron chi connectivity index (χ2n) is 5.41. The quantitative estimate of drug-likeness (QED) is 0.726. The maximum Gasteiger partial charge on any atom is 0.328 e. The van der Waals surface area contributed by atoms with E-state index < -0.39 is 5.97 Å². The van der Waals surface area contributed by atoms with Crippen LogP contribution in [-0.4, -0.2) is 27.1 Å². The molecule has 0 radical (unpaired) electrons. The number of fused-ring (bicyclic) bond motifs is 1. The van der Waals surface area contributed by atoms with Crippen LogP contribution in [0.3, 0.4) is 0 Å². The number of aryl methyl sites for hydroxylation is 1. The number of benzene rings is 1. The lowest BCUT2D eigenvalue weighted by atomic mass is 10.1. The van der Waals surface area contributed by atoms with Gasteiger partial charge in [-0.15, -0.1) is 0 Å². The fourth-order valence-electron chi connectivity index (χ4n) is 2.56. The summed E-state index contributed by atoms with van der Waals surface area (Å²) < 4.78 is 7.35. The van der Waals surface area contributed by atoms with E-state index >= 15 is 0 Å². The number of carboxylic acid groups (broad SMARTS) is 1. The maximum absolute atomic E-state index is 10.9. The maximum atomic E-state index is 10.9. The Kier molecular flexibility index (Phi) is 4.33. The highest BCUT2D eigenvalue weighted by molar-refractivity contribution is 5.87. The molecule has 0 unspecified atom stereocenters. The number of ether oxygens (including phenoxy) is 1. The van der Waals surface area contributed by atoms with Gasteiger partial charge < -0.3 is 9.84 Å². The lowest BCUT2D eigenvalue weighted by Gasteiger charge is -2.04. The number of pyridine rings is 1. The molecule has 122 valence electrons. The van der Waals surface area contributed by atoms with E-state index in [1.807, 2.05) is 60.8 Å². The second-order valence-corrected chi connectivity index (χ2v) is 5.41. The van der Waals surface area contributed by atoms with Crippen molar-refractivity contribution in [2.45, 2.75) is 13.8 Å². The zero-order valence-electron chi connectivity index (χ0n) is 13.6. The monoisotopic (exact) mass is 322 g/mol. The third kappa shape index (κ3) is 3.15. The fourth-order valence-corrected chi connectivity index (χ4v) is 2.56. The highest BCUT2D eigenvalue weighted by Crippen LogP contribution is 2.27. The van der Waals surface area contributed by atoms with Crippen molar-refractivity contribution in [1.82, 2.24) is 9.38 Å². The molecule has 2 heterocycles. The third-order valence-corrected chi connectivity index (χ3v) is 3.64. The van der Waals surface area contributed by atoms with Gasteiger partial charge in [-0.2, -0.15) is 0 Å². The molecule has 3 rings (SSSR count). The van der Waals surface area contributed by atoms with Gasteiger partial charge in [0.2, 0.25) is 0 Å². The van der Waals surface area contributed by atoms with Crippen LogP contribution in [0.2, 0.25) is 0 Å². The highest BCUT2D eigenvalue weighted by atomic mass is 16.5. The topological polar surface area (TPSA) is 63.8 Å². The second kappa shape index (κ2) is 6.58. The Hall–Kier alpha value is -3.08. The first-order valence-electron chi connectivity index (χ1n) is 7.71. The number of carbonyl (C=O) groups is 1. The van der Waals surface area contributed by atoms with Gasteiger partial charge in [0.1, 0.15) is 11.4 Å². The number of aromatic nitrogens is 2. The smallest absolute Gasteiger partial charge is 0.328 e. The average molecular weight is 322 g/mol. The lowest BCUT2D eigenvalue weighted by Crippen LogP contribution is -1.92. The van der Waals surface area contributed by atoms with Crippen LogP contribution in [0.4, 0.5) is 0 Å². The Morgan fingerprint density at radius 1 is 1.29 bits per heavy atom. The van der Waals surface area contributed by atoms with E-state index in [2.05, 4.69) is 4.98 Å². The molecule has 5 nitrogen and oxygen atoms in total. The number of nitrogens with zero attached hydrogens (tertiary/aromatic N) is 2. The molecule has 0 saturated heterocycles. The molecule has 5 heteroatoms. The summed E-state index contributed by atoms with van der Waals surface area (Å²) >= 11 is 0. The van der Waals surface area contributed by atoms with Crippen molar-refractivity contribution in [2.75, 3.05) is 6.61 Å². The van der Waals surface area contributed by atoms with Crippen molar-refractivity contribution in [3.63, 3.8) is 0 Å². The van der Waals surface area contributed by atoms with Gasteiger partial charge in [-0.05, 0) is 61.9 Å². The van der Waals surface area contributed by atoms with E-state index in [1.165, 1.54) is 0 Å². The SMILES string of the molecule is CCOc1ccc(-c2nc3cc(C)ccn3c2/C=C/C(=O)O)cc1. The first kappa shape index (κ1) is 15.8. The van der Waals surface area contributed by atoms with Crippen molar-refractivity contribution < 1.29 is 14.6 Å². The molecule has 0 spiro atoms. The number of hydrogen-bond acceptors (Lipinski definition) is 3. The summed E-state index contributed by atoms with van der Waals surface area (Å²) in [6.45, 7) is 4.55. The van der Waals surface area contributed by atoms with Crippen LogP contribution >= 0.6 is 0 Å². The Bertz CT molecular complexity index is 908. The predicted molar refractivity (Wildman–Crippen MR) is 93.2 cm³/mol. The molecule has 3 aromatic rings. The summed E-state index contributed by atoms with van der Waals surface area (Å²) in [6, 6.07) is 11.6. The van der Waals surface area contributed by atoms with Crippen molar-refractivity contribution >= 4 is 17.7 Å². The van der Waals surface area contributed by atoms with Gasteiger partial charge in [-0.25, -0.2) is 9.78 Å². The van der Waals surface area contributed by atoms with Gasteiger partial charge in [0.15, 0.2) is 0 Å². The summed E-state index contributed by atoms with van der Waals surface area (Å²) in [5.74, 6) is -0.196. The molecule has 24 heavy (non-hydrogen) atoms. The van der Waals surface area contributed by atoms with Gasteiger partial charge in [0.25, 0.3) is 0 Å². The Labute approximate surface area is 139 Å². The van der Waals surface area contributed by atoms with Gasteiger partial charge in [-0.1, -0.05) is 0 Å². The van der Waals surface area contributed by atoms with Crippen LogP contribution in [0.25, 0.3) is 23.0 Å². The van der Waals surface area contributed by atoms with Crippen LogP contribution in [0.5, 0.6) is 5.75 Å². The number of rotatable bonds is 5. The minimum absolute atomic E-state index is 0.611. The fraction of sp³-hybridized carbons (Fsp3) is 0.158. The van der Waals surface area contributed by atoms with Crippen LogP contribution in [0.1, 0.15) is 18.2 Å². The summed E-state index contributed by atoms with van der Waals surface area (Å²) in [6.07, 6.45) is 4.60. The molecule has 0 fully saturated rings. The predicted octanol–water partition coefficient (Wildman–Crippen LogP) is 3.81. The van der Waals surface area contributed by atoms with Crippen molar-refractivity contribution in [1.29, 1.82) is 0 Å². The summed E-state index contributed by atoms with van der Waals surface area (Å²) in [4.78, 5) is 15.6. The van der Waals surface area contributed by atoms with Crippen LogP contribution < -0.4 is 4.74 Å². The van der Waals surface area contributed by atoms with Crippen LogP contribution in [0, 0.1) is 6.92 Å². The largest absolute Gasteiger partial charge is 0.494 e. The number of hydrogen-bond donors (Lipinski definition) is 1. The molecular formula is C19H18N2O3. The molecule has 0 amide bonds. The van der Waals surface area contributed by atoms with Crippen LogP contribution in [-0.2, 0) is 4.79 Å².